The van der Waals surface area contributed by atoms with Gasteiger partial charge in [-0.3, -0.25) is 4.98 Å². The largest absolute Gasteiger partial charge is 0.380 e. The van der Waals surface area contributed by atoms with Crippen molar-refractivity contribution in [3.8, 4) is 0 Å². The minimum Gasteiger partial charge on any atom is -0.380 e. The highest BCUT2D eigenvalue weighted by molar-refractivity contribution is 5.51. The van der Waals surface area contributed by atoms with Gasteiger partial charge >= 0.3 is 0 Å². The number of hydrogen-bond donors (Lipinski definition) is 1. The van der Waals surface area contributed by atoms with Gasteiger partial charge in [0.15, 0.2) is 0 Å². The molecule has 18 heavy (non-hydrogen) atoms. The van der Waals surface area contributed by atoms with Crippen molar-refractivity contribution in [1.29, 1.82) is 0 Å². The topological polar surface area (TPSA) is 37.4 Å². The number of pyridine rings is 1. The minimum atomic E-state index is 0.217. The number of aromatic nitrogens is 1. The van der Waals surface area contributed by atoms with Gasteiger partial charge in [0, 0.05) is 56.9 Å². The average Bonchev–Trinajstić information content (AvgIpc) is 2.36. The van der Waals surface area contributed by atoms with Gasteiger partial charge in [-0.1, -0.05) is 13.8 Å². The molecule has 0 aliphatic rings. The Kier molecular flexibility index (Phi) is 6.09. The minimum absolute atomic E-state index is 0.217. The Morgan fingerprint density at radius 2 is 2.11 bits per heavy atom. The van der Waals surface area contributed by atoms with Gasteiger partial charge < -0.3 is 15.0 Å². The molecular formula is C14H25N3O. The first kappa shape index (κ1) is 14.9. The molecule has 1 heterocycles. The molecule has 1 rings (SSSR count). The van der Waals surface area contributed by atoms with Crippen LogP contribution in [0.2, 0.25) is 0 Å². The molecule has 102 valence electrons. The van der Waals surface area contributed by atoms with E-state index in [-0.39, 0.29) is 6.10 Å². The Hall–Kier alpha value is -1.13. The smallest absolute Gasteiger partial charge is 0.0717 e. The summed E-state index contributed by atoms with van der Waals surface area (Å²) in [5, 5.41) is 3.43. The molecule has 0 bridgehead atoms. The highest BCUT2D eigenvalue weighted by Crippen LogP contribution is 2.18. The second-order valence-corrected chi connectivity index (χ2v) is 4.97. The van der Waals surface area contributed by atoms with E-state index in [1.807, 2.05) is 12.4 Å². The highest BCUT2D eigenvalue weighted by Gasteiger charge is 2.10. The van der Waals surface area contributed by atoms with Crippen molar-refractivity contribution in [3.05, 3.63) is 24.0 Å². The van der Waals surface area contributed by atoms with Crippen LogP contribution in [-0.2, 0) is 11.3 Å². The lowest BCUT2D eigenvalue weighted by atomic mass is 10.2. The lowest BCUT2D eigenvalue weighted by molar-refractivity contribution is 0.124. The van der Waals surface area contributed by atoms with Crippen LogP contribution in [0.4, 0.5) is 5.69 Å². The highest BCUT2D eigenvalue weighted by atomic mass is 16.5. The third kappa shape index (κ3) is 4.63. The third-order valence-corrected chi connectivity index (χ3v) is 2.92. The Labute approximate surface area is 110 Å². The lowest BCUT2D eigenvalue weighted by Gasteiger charge is -2.25. The molecule has 4 heteroatoms. The molecule has 0 aromatic carbocycles. The standard InChI is InChI=1S/C14H25N3O/c1-11(2)16-9-13-8-15-7-6-14(13)17(4)10-12(3)18-5/h6-8,11-12,16H,9-10H2,1-5H3. The molecule has 0 fully saturated rings. The van der Waals surface area contributed by atoms with Crippen molar-refractivity contribution in [2.75, 3.05) is 25.6 Å². The van der Waals surface area contributed by atoms with Crippen molar-refractivity contribution < 1.29 is 4.74 Å². The van der Waals surface area contributed by atoms with Crippen LogP contribution in [0.25, 0.3) is 0 Å². The second-order valence-electron chi connectivity index (χ2n) is 4.97. The van der Waals surface area contributed by atoms with E-state index in [1.165, 1.54) is 11.3 Å². The van der Waals surface area contributed by atoms with Crippen molar-refractivity contribution >= 4 is 5.69 Å². The Morgan fingerprint density at radius 3 is 2.72 bits per heavy atom. The van der Waals surface area contributed by atoms with Crippen LogP contribution in [0.1, 0.15) is 26.3 Å². The molecule has 4 nitrogen and oxygen atoms in total. The summed E-state index contributed by atoms with van der Waals surface area (Å²) in [6, 6.07) is 2.53. The van der Waals surface area contributed by atoms with Gasteiger partial charge in [-0.2, -0.15) is 0 Å². The molecule has 1 unspecified atom stereocenters. The Bertz CT molecular complexity index is 355. The molecule has 0 radical (unpaired) electrons. The zero-order valence-corrected chi connectivity index (χ0v) is 12.1. The molecular weight excluding hydrogens is 226 g/mol. The normalized spacial score (nSPS) is 12.8. The molecule has 1 atom stereocenters. The quantitative estimate of drug-likeness (QED) is 0.805. The fourth-order valence-electron chi connectivity index (χ4n) is 1.80. The zero-order valence-electron chi connectivity index (χ0n) is 12.1. The maximum atomic E-state index is 5.31. The van der Waals surface area contributed by atoms with Crippen LogP contribution in [0, 0.1) is 0 Å². The van der Waals surface area contributed by atoms with Crippen LogP contribution in [0.3, 0.4) is 0 Å². The number of ether oxygens (including phenoxy) is 1. The number of nitrogens with one attached hydrogen (secondary N) is 1. The maximum absolute atomic E-state index is 5.31. The molecule has 1 N–H and O–H groups in total. The molecule has 0 spiro atoms. The number of hydrogen-bond acceptors (Lipinski definition) is 4. The SMILES string of the molecule is COC(C)CN(C)c1ccncc1CNC(C)C. The first-order chi connectivity index (χ1) is 8.54. The predicted molar refractivity (Wildman–Crippen MR) is 76.0 cm³/mol. The predicted octanol–water partition coefficient (Wildman–Crippen LogP) is 2.05. The van der Waals surface area contributed by atoms with Gasteiger partial charge in [0.1, 0.15) is 0 Å². The summed E-state index contributed by atoms with van der Waals surface area (Å²) in [6.45, 7) is 8.07. The first-order valence-corrected chi connectivity index (χ1v) is 6.44. The monoisotopic (exact) mass is 251 g/mol. The molecule has 0 saturated heterocycles. The van der Waals surface area contributed by atoms with E-state index in [9.17, 15) is 0 Å². The van der Waals surface area contributed by atoms with Crippen LogP contribution in [-0.4, -0.2) is 37.8 Å². The number of nitrogens with zero attached hydrogens (tertiary/aromatic N) is 2. The van der Waals surface area contributed by atoms with Crippen LogP contribution >= 0.6 is 0 Å². The Morgan fingerprint density at radius 1 is 1.39 bits per heavy atom. The first-order valence-electron chi connectivity index (χ1n) is 6.44. The van der Waals surface area contributed by atoms with Crippen LogP contribution < -0.4 is 10.2 Å². The van der Waals surface area contributed by atoms with E-state index < -0.39 is 0 Å². The lowest BCUT2D eigenvalue weighted by Crippen LogP contribution is -2.30. The van der Waals surface area contributed by atoms with Crippen molar-refractivity contribution in [1.82, 2.24) is 10.3 Å². The fraction of sp³-hybridized carbons (Fsp3) is 0.643. The van der Waals surface area contributed by atoms with Gasteiger partial charge in [0.2, 0.25) is 0 Å². The summed E-state index contributed by atoms with van der Waals surface area (Å²) in [5.74, 6) is 0. The van der Waals surface area contributed by atoms with E-state index in [0.29, 0.717) is 6.04 Å². The number of methoxy groups -OCH3 is 1. The van der Waals surface area contributed by atoms with Gasteiger partial charge in [-0.25, -0.2) is 0 Å². The second kappa shape index (κ2) is 7.34. The zero-order chi connectivity index (χ0) is 13.5. The van der Waals surface area contributed by atoms with E-state index in [2.05, 4.69) is 49.1 Å². The fourth-order valence-corrected chi connectivity index (χ4v) is 1.80. The van der Waals surface area contributed by atoms with Crippen molar-refractivity contribution in [3.63, 3.8) is 0 Å². The van der Waals surface area contributed by atoms with Gasteiger partial charge in [-0.15, -0.1) is 0 Å². The summed E-state index contributed by atoms with van der Waals surface area (Å²) in [6.07, 6.45) is 3.98. The van der Waals surface area contributed by atoms with Gasteiger partial charge in [0.25, 0.3) is 0 Å². The molecule has 1 aromatic heterocycles. The number of likely N-dealkylation sites (N-methyl/N-ethyl adjacent to an activating group) is 1. The van der Waals surface area contributed by atoms with Gasteiger partial charge in [-0.05, 0) is 13.0 Å². The molecule has 0 aliphatic carbocycles. The van der Waals surface area contributed by atoms with Gasteiger partial charge in [0.05, 0.1) is 6.10 Å². The van der Waals surface area contributed by atoms with Crippen molar-refractivity contribution in [2.24, 2.45) is 0 Å². The maximum Gasteiger partial charge on any atom is 0.0717 e. The molecule has 0 saturated carbocycles. The summed E-state index contributed by atoms with van der Waals surface area (Å²) in [7, 11) is 3.83. The summed E-state index contributed by atoms with van der Waals surface area (Å²) < 4.78 is 5.31. The summed E-state index contributed by atoms with van der Waals surface area (Å²) in [4.78, 5) is 6.42. The summed E-state index contributed by atoms with van der Waals surface area (Å²) >= 11 is 0. The number of anilines is 1. The van der Waals surface area contributed by atoms with Crippen LogP contribution in [0.15, 0.2) is 18.5 Å². The molecule has 1 aromatic rings. The van der Waals surface area contributed by atoms with E-state index in [1.54, 1.807) is 7.11 Å². The third-order valence-electron chi connectivity index (χ3n) is 2.92. The molecule has 0 aliphatic heterocycles. The molecule has 0 amide bonds. The van der Waals surface area contributed by atoms with Crippen molar-refractivity contribution in [2.45, 2.75) is 39.5 Å². The average molecular weight is 251 g/mol. The van der Waals surface area contributed by atoms with E-state index in [4.69, 9.17) is 4.74 Å². The van der Waals surface area contributed by atoms with E-state index in [0.717, 1.165) is 13.1 Å². The van der Waals surface area contributed by atoms with Crippen LogP contribution in [0.5, 0.6) is 0 Å². The Balaban J connectivity index is 2.74. The summed E-state index contributed by atoms with van der Waals surface area (Å²) in [5.41, 5.74) is 2.43. The van der Waals surface area contributed by atoms with E-state index >= 15 is 0 Å². The number of rotatable bonds is 7.